The third-order valence-corrected chi connectivity index (χ3v) is 7.93. The molecule has 3 heterocycles. The van der Waals surface area contributed by atoms with Gasteiger partial charge in [-0.15, -0.1) is 0 Å². The first-order valence-electron chi connectivity index (χ1n) is 13.3. The Morgan fingerprint density at radius 1 is 0.825 bits per heavy atom. The van der Waals surface area contributed by atoms with Crippen molar-refractivity contribution in [3.8, 4) is 5.69 Å². The second-order valence-electron chi connectivity index (χ2n) is 10.2. The second kappa shape index (κ2) is 9.50. The lowest BCUT2D eigenvalue weighted by atomic mass is 9.93. The largest absolute Gasteiger partial charge is 0.335 e. The summed E-state index contributed by atoms with van der Waals surface area (Å²) in [7, 11) is 0. The van der Waals surface area contributed by atoms with Gasteiger partial charge in [-0.1, -0.05) is 66.2 Å². The summed E-state index contributed by atoms with van der Waals surface area (Å²) in [5.41, 5.74) is 9.26. The molecule has 0 spiro atoms. The quantitative estimate of drug-likeness (QED) is 0.250. The van der Waals surface area contributed by atoms with E-state index >= 15 is 0 Å². The van der Waals surface area contributed by atoms with Gasteiger partial charge in [-0.3, -0.25) is 0 Å². The third kappa shape index (κ3) is 3.91. The summed E-state index contributed by atoms with van der Waals surface area (Å²) in [6, 6.07) is 32.5. The van der Waals surface area contributed by atoms with Crippen LogP contribution in [0.1, 0.15) is 34.0 Å². The number of benzene rings is 4. The zero-order chi connectivity index (χ0) is 27.4. The van der Waals surface area contributed by atoms with Crippen LogP contribution in [-0.4, -0.2) is 21.5 Å². The van der Waals surface area contributed by atoms with Gasteiger partial charge >= 0.3 is 0 Å². The van der Waals surface area contributed by atoms with E-state index in [2.05, 4.69) is 79.5 Å². The van der Waals surface area contributed by atoms with Crippen LogP contribution in [0.15, 0.2) is 107 Å². The van der Waals surface area contributed by atoms with Crippen LogP contribution in [0.3, 0.4) is 0 Å². The zero-order valence-corrected chi connectivity index (χ0v) is 23.2. The summed E-state index contributed by atoms with van der Waals surface area (Å²) < 4.78 is 1.94. The molecule has 0 bridgehead atoms. The molecule has 4 aromatic carbocycles. The number of aryl methyl sites for hydroxylation is 2. The van der Waals surface area contributed by atoms with Gasteiger partial charge in [0, 0.05) is 10.6 Å². The van der Waals surface area contributed by atoms with Crippen LogP contribution in [-0.2, 0) is 0 Å². The van der Waals surface area contributed by atoms with Crippen LogP contribution in [0, 0.1) is 20.8 Å². The summed E-state index contributed by atoms with van der Waals surface area (Å²) in [6.45, 7) is 6.27. The van der Waals surface area contributed by atoms with Gasteiger partial charge in [0.25, 0.3) is 0 Å². The monoisotopic (exact) mass is 542 g/mol. The predicted octanol–water partition coefficient (Wildman–Crippen LogP) is 8.25. The normalized spacial score (nSPS) is 16.6. The summed E-state index contributed by atoms with van der Waals surface area (Å²) >= 11 is 6.34. The highest BCUT2D eigenvalue weighted by Crippen LogP contribution is 2.48. The molecule has 6 nitrogen and oxygen atoms in total. The first-order valence-corrected chi connectivity index (χ1v) is 13.7. The maximum Gasteiger partial charge on any atom is 0.179 e. The highest BCUT2D eigenvalue weighted by Gasteiger charge is 2.41. The van der Waals surface area contributed by atoms with Gasteiger partial charge < -0.3 is 10.2 Å². The van der Waals surface area contributed by atoms with Crippen molar-refractivity contribution in [2.75, 3.05) is 10.2 Å². The van der Waals surface area contributed by atoms with Crippen molar-refractivity contribution in [3.05, 3.63) is 130 Å². The third-order valence-electron chi connectivity index (χ3n) is 7.68. The number of halogens is 1. The summed E-state index contributed by atoms with van der Waals surface area (Å²) in [6.07, 6.45) is 0. The van der Waals surface area contributed by atoms with E-state index in [1.807, 2.05) is 53.2 Å². The van der Waals surface area contributed by atoms with Gasteiger partial charge in [-0.2, -0.15) is 5.10 Å². The Labute approximate surface area is 238 Å². The molecule has 7 rings (SSSR count). The lowest BCUT2D eigenvalue weighted by Crippen LogP contribution is -2.48. The fourth-order valence-corrected chi connectivity index (χ4v) is 5.64. The van der Waals surface area contributed by atoms with Crippen molar-refractivity contribution < 1.29 is 0 Å². The Kier molecular flexibility index (Phi) is 5.79. The zero-order valence-electron chi connectivity index (χ0n) is 22.4. The number of rotatable bonds is 3. The molecule has 7 heteroatoms. The fraction of sp³-hybridized carbons (Fsp3) is 0.121. The summed E-state index contributed by atoms with van der Waals surface area (Å²) in [5.74, 6) is 2.23. The van der Waals surface area contributed by atoms with Crippen LogP contribution in [0.5, 0.6) is 0 Å². The van der Waals surface area contributed by atoms with Gasteiger partial charge in [0.15, 0.2) is 17.5 Å². The topological polar surface area (TPSA) is 57.8 Å². The van der Waals surface area contributed by atoms with E-state index in [9.17, 15) is 0 Å². The fourth-order valence-electron chi connectivity index (χ4n) is 5.52. The summed E-state index contributed by atoms with van der Waals surface area (Å²) in [4.78, 5) is 12.8. The molecule has 2 aliphatic rings. The minimum absolute atomic E-state index is 0.190. The number of hydrogen-bond acceptors (Lipinski definition) is 4. The van der Waals surface area contributed by atoms with E-state index < -0.39 is 0 Å². The standard InChI is InChI=1S/C33H27ClN6/c1-20-10-9-14-26(21(20)2)35-31-33-37-32-29(22(3)38-40(32)25-11-5-4-6-12-25)30(23-16-18-24(34)19-17-23)39(33)28-15-8-7-13-27(28)36-31/h4-19,30H,1-3H3,(H,35,36)/t30-/m1/s1. The Morgan fingerprint density at radius 3 is 2.38 bits per heavy atom. The Morgan fingerprint density at radius 2 is 1.57 bits per heavy atom. The molecule has 0 saturated carbocycles. The molecular formula is C33H27ClN6. The Hall–Kier alpha value is -4.68. The minimum atomic E-state index is -0.190. The second-order valence-corrected chi connectivity index (χ2v) is 10.6. The molecule has 2 aliphatic heterocycles. The molecule has 1 N–H and O–H groups in total. The van der Waals surface area contributed by atoms with Gasteiger partial charge in [-0.25, -0.2) is 14.7 Å². The van der Waals surface area contributed by atoms with Crippen LogP contribution in [0.2, 0.25) is 5.02 Å². The smallest absolute Gasteiger partial charge is 0.179 e. The SMILES string of the molecule is Cc1cccc(N=C2Nc3ccccc3N3C2=Nc2c(c(C)nn2-c2ccccc2)[C@H]3c2ccc(Cl)cc2)c1C. The number of nitrogens with one attached hydrogen (secondary N) is 1. The number of anilines is 2. The molecule has 0 unspecified atom stereocenters. The molecule has 1 aromatic heterocycles. The lowest BCUT2D eigenvalue weighted by Gasteiger charge is -2.42. The first-order chi connectivity index (χ1) is 19.5. The Balaban J connectivity index is 1.54. The lowest BCUT2D eigenvalue weighted by molar-refractivity contribution is 0.816. The highest BCUT2D eigenvalue weighted by molar-refractivity contribution is 6.52. The number of nitrogens with zero attached hydrogens (tertiary/aromatic N) is 5. The number of fused-ring (bicyclic) bond motifs is 4. The van der Waals surface area contributed by atoms with E-state index in [4.69, 9.17) is 26.7 Å². The van der Waals surface area contributed by atoms with Gasteiger partial charge in [0.05, 0.1) is 34.5 Å². The average molecular weight is 543 g/mol. The predicted molar refractivity (Wildman–Crippen MR) is 164 cm³/mol. The molecule has 5 aromatic rings. The number of aromatic nitrogens is 2. The van der Waals surface area contributed by atoms with E-state index in [0.717, 1.165) is 56.8 Å². The Bertz CT molecular complexity index is 1820. The molecule has 0 radical (unpaired) electrons. The molecule has 40 heavy (non-hydrogen) atoms. The van der Waals surface area contributed by atoms with Crippen LogP contribution < -0.4 is 10.2 Å². The number of amidine groups is 2. The number of aliphatic imine (C=N–C) groups is 2. The number of hydrogen-bond donors (Lipinski definition) is 1. The molecule has 0 fully saturated rings. The highest BCUT2D eigenvalue weighted by atomic mass is 35.5. The van der Waals surface area contributed by atoms with Crippen LogP contribution in [0.25, 0.3) is 5.69 Å². The molecule has 0 amide bonds. The van der Waals surface area contributed by atoms with Gasteiger partial charge in [0.1, 0.15) is 0 Å². The van der Waals surface area contributed by atoms with Crippen LogP contribution >= 0.6 is 11.6 Å². The maximum atomic E-state index is 6.34. The summed E-state index contributed by atoms with van der Waals surface area (Å²) in [5, 5.41) is 9.29. The van der Waals surface area contributed by atoms with E-state index in [-0.39, 0.29) is 6.04 Å². The van der Waals surface area contributed by atoms with Crippen molar-refractivity contribution in [2.24, 2.45) is 9.98 Å². The van der Waals surface area contributed by atoms with Gasteiger partial charge in [0.2, 0.25) is 0 Å². The first kappa shape index (κ1) is 24.4. The molecular weight excluding hydrogens is 516 g/mol. The molecule has 0 saturated heterocycles. The van der Waals surface area contributed by atoms with Crippen molar-refractivity contribution in [2.45, 2.75) is 26.8 Å². The van der Waals surface area contributed by atoms with Crippen molar-refractivity contribution in [3.63, 3.8) is 0 Å². The average Bonchev–Trinajstić information content (AvgIpc) is 3.31. The number of para-hydroxylation sites is 3. The van der Waals surface area contributed by atoms with E-state index in [1.54, 1.807) is 0 Å². The van der Waals surface area contributed by atoms with Crippen molar-refractivity contribution in [1.29, 1.82) is 0 Å². The van der Waals surface area contributed by atoms with E-state index in [1.165, 1.54) is 5.56 Å². The van der Waals surface area contributed by atoms with E-state index in [0.29, 0.717) is 10.9 Å². The van der Waals surface area contributed by atoms with Crippen molar-refractivity contribution >= 4 is 46.2 Å². The maximum absolute atomic E-state index is 6.34. The minimum Gasteiger partial charge on any atom is -0.335 e. The van der Waals surface area contributed by atoms with Gasteiger partial charge in [-0.05, 0) is 79.9 Å². The van der Waals surface area contributed by atoms with Crippen molar-refractivity contribution in [1.82, 2.24) is 9.78 Å². The molecule has 0 aliphatic carbocycles. The van der Waals surface area contributed by atoms with Crippen LogP contribution in [0.4, 0.5) is 22.9 Å². The molecule has 1 atom stereocenters. The molecule has 196 valence electrons.